The van der Waals surface area contributed by atoms with E-state index in [1.54, 1.807) is 12.1 Å². The summed E-state index contributed by atoms with van der Waals surface area (Å²) >= 11 is 3.36. The minimum Gasteiger partial charge on any atom is -0.267 e. The van der Waals surface area contributed by atoms with Gasteiger partial charge in [0.2, 0.25) is 0 Å². The van der Waals surface area contributed by atoms with E-state index < -0.39 is 0 Å². The van der Waals surface area contributed by atoms with Crippen molar-refractivity contribution in [2.45, 2.75) is 6.42 Å². The Morgan fingerprint density at radius 3 is 2.38 bits per heavy atom. The summed E-state index contributed by atoms with van der Waals surface area (Å²) in [5.41, 5.74) is 1.65. The third-order valence-corrected chi connectivity index (χ3v) is 4.90. The fourth-order valence-corrected chi connectivity index (χ4v) is 3.36. The van der Waals surface area contributed by atoms with Gasteiger partial charge in [0, 0.05) is 28.5 Å². The molecule has 0 bridgehead atoms. The molecule has 7 heteroatoms. The van der Waals surface area contributed by atoms with E-state index in [1.807, 2.05) is 36.4 Å². The highest BCUT2D eigenvalue weighted by atomic mass is 79.9. The monoisotopic (exact) mass is 410 g/mol. The van der Waals surface area contributed by atoms with Crippen LogP contribution in [0.1, 0.15) is 27.1 Å². The number of halogens is 1. The van der Waals surface area contributed by atoms with Crippen molar-refractivity contribution in [1.29, 1.82) is 0 Å². The SMILES string of the molecule is O=C(c1ccc(Br)cc1)N1CCCN1C(=O)c1cnnc2ccccc12. The van der Waals surface area contributed by atoms with Gasteiger partial charge in [0.15, 0.2) is 0 Å². The van der Waals surface area contributed by atoms with E-state index >= 15 is 0 Å². The van der Waals surface area contributed by atoms with Crippen LogP contribution in [0.15, 0.2) is 59.2 Å². The molecular formula is C19H15BrN4O2. The van der Waals surface area contributed by atoms with E-state index in [1.165, 1.54) is 16.2 Å². The van der Waals surface area contributed by atoms with Crippen LogP contribution in [0.2, 0.25) is 0 Å². The van der Waals surface area contributed by atoms with Crippen molar-refractivity contribution in [2.24, 2.45) is 0 Å². The molecule has 2 amide bonds. The zero-order valence-electron chi connectivity index (χ0n) is 13.8. The lowest BCUT2D eigenvalue weighted by Gasteiger charge is -2.28. The summed E-state index contributed by atoms with van der Waals surface area (Å²) < 4.78 is 0.901. The number of aromatic nitrogens is 2. The summed E-state index contributed by atoms with van der Waals surface area (Å²) in [5.74, 6) is -0.422. The van der Waals surface area contributed by atoms with Crippen LogP contribution in [-0.4, -0.2) is 45.1 Å². The van der Waals surface area contributed by atoms with E-state index in [4.69, 9.17) is 0 Å². The number of fused-ring (bicyclic) bond motifs is 1. The second-order valence-electron chi connectivity index (χ2n) is 5.99. The van der Waals surface area contributed by atoms with Gasteiger partial charge in [0.25, 0.3) is 11.8 Å². The predicted molar refractivity (Wildman–Crippen MR) is 100 cm³/mol. The van der Waals surface area contributed by atoms with E-state index in [2.05, 4.69) is 26.1 Å². The molecule has 1 aliphatic heterocycles. The van der Waals surface area contributed by atoms with Gasteiger partial charge in [-0.25, -0.2) is 10.0 Å². The summed E-state index contributed by atoms with van der Waals surface area (Å²) in [6.45, 7) is 1.01. The first-order valence-electron chi connectivity index (χ1n) is 8.25. The lowest BCUT2D eigenvalue weighted by atomic mass is 10.1. The van der Waals surface area contributed by atoms with Crippen LogP contribution in [0, 0.1) is 0 Å². The number of carbonyl (C=O) groups is 2. The van der Waals surface area contributed by atoms with Crippen molar-refractivity contribution in [1.82, 2.24) is 20.2 Å². The Morgan fingerprint density at radius 1 is 0.923 bits per heavy atom. The molecular weight excluding hydrogens is 396 g/mol. The molecule has 0 radical (unpaired) electrons. The summed E-state index contributed by atoms with van der Waals surface area (Å²) in [7, 11) is 0. The lowest BCUT2D eigenvalue weighted by molar-refractivity contribution is 0.0187. The smallest absolute Gasteiger partial charge is 0.267 e. The Balaban J connectivity index is 1.66. The molecule has 1 fully saturated rings. The number of amides is 2. The number of hydrazine groups is 1. The first-order chi connectivity index (χ1) is 12.6. The molecule has 6 nitrogen and oxygen atoms in total. The fourth-order valence-electron chi connectivity index (χ4n) is 3.09. The van der Waals surface area contributed by atoms with E-state index in [0.717, 1.165) is 16.3 Å². The molecule has 1 aromatic heterocycles. The zero-order chi connectivity index (χ0) is 18.1. The fraction of sp³-hybridized carbons (Fsp3) is 0.158. The molecule has 0 atom stereocenters. The maximum atomic E-state index is 13.1. The number of hydrogen-bond acceptors (Lipinski definition) is 4. The maximum absolute atomic E-state index is 13.1. The predicted octanol–water partition coefficient (Wildman–Crippen LogP) is 3.30. The average Bonchev–Trinajstić information content (AvgIpc) is 3.17. The molecule has 0 unspecified atom stereocenters. The standard InChI is InChI=1S/C19H15BrN4O2/c20-14-8-6-13(7-9-14)18(25)23-10-3-11-24(23)19(26)16-12-21-22-17-5-2-1-4-15(16)17/h1-2,4-9,12H,3,10-11H2. The Labute approximate surface area is 158 Å². The number of carbonyl (C=O) groups excluding carboxylic acids is 2. The van der Waals surface area contributed by atoms with E-state index in [-0.39, 0.29) is 11.8 Å². The van der Waals surface area contributed by atoms with Gasteiger partial charge in [0.1, 0.15) is 0 Å². The zero-order valence-corrected chi connectivity index (χ0v) is 15.4. The van der Waals surface area contributed by atoms with Gasteiger partial charge in [-0.15, -0.1) is 0 Å². The third kappa shape index (κ3) is 2.94. The van der Waals surface area contributed by atoms with Crippen molar-refractivity contribution >= 4 is 38.6 Å². The van der Waals surface area contributed by atoms with Gasteiger partial charge in [-0.2, -0.15) is 10.2 Å². The minimum atomic E-state index is -0.237. The highest BCUT2D eigenvalue weighted by molar-refractivity contribution is 9.10. The maximum Gasteiger partial charge on any atom is 0.274 e. The van der Waals surface area contributed by atoms with Crippen molar-refractivity contribution in [3.63, 3.8) is 0 Å². The number of nitrogens with zero attached hydrogens (tertiary/aromatic N) is 4. The third-order valence-electron chi connectivity index (χ3n) is 4.37. The van der Waals surface area contributed by atoms with Gasteiger partial charge in [-0.05, 0) is 36.8 Å². The lowest BCUT2D eigenvalue weighted by Crippen LogP contribution is -2.45. The summed E-state index contributed by atoms with van der Waals surface area (Å²) in [4.78, 5) is 26.0. The van der Waals surface area contributed by atoms with Crippen LogP contribution in [0.3, 0.4) is 0 Å². The van der Waals surface area contributed by atoms with Crippen LogP contribution in [-0.2, 0) is 0 Å². The Kier molecular flexibility index (Phi) is 4.38. The molecule has 0 saturated carbocycles. The Morgan fingerprint density at radius 2 is 1.62 bits per heavy atom. The molecule has 1 aliphatic rings. The van der Waals surface area contributed by atoms with Gasteiger partial charge in [-0.1, -0.05) is 34.1 Å². The van der Waals surface area contributed by atoms with Crippen molar-refractivity contribution in [3.8, 4) is 0 Å². The number of hydrogen-bond donors (Lipinski definition) is 0. The molecule has 26 heavy (non-hydrogen) atoms. The topological polar surface area (TPSA) is 66.4 Å². The Bertz CT molecular complexity index is 985. The van der Waals surface area contributed by atoms with Crippen molar-refractivity contribution in [3.05, 3.63) is 70.3 Å². The highest BCUT2D eigenvalue weighted by Gasteiger charge is 2.32. The quantitative estimate of drug-likeness (QED) is 0.649. The normalized spacial score (nSPS) is 14.0. The first kappa shape index (κ1) is 16.7. The average molecular weight is 411 g/mol. The molecule has 0 aliphatic carbocycles. The number of rotatable bonds is 2. The van der Waals surface area contributed by atoms with E-state index in [9.17, 15) is 9.59 Å². The Hall–Kier alpha value is -2.80. The molecule has 0 spiro atoms. The highest BCUT2D eigenvalue weighted by Crippen LogP contribution is 2.22. The van der Waals surface area contributed by atoms with Crippen molar-refractivity contribution < 1.29 is 9.59 Å². The summed E-state index contributed by atoms with van der Waals surface area (Å²) in [5, 5.41) is 11.7. The van der Waals surface area contributed by atoms with Crippen molar-refractivity contribution in [2.75, 3.05) is 13.1 Å². The summed E-state index contributed by atoms with van der Waals surface area (Å²) in [6, 6.07) is 14.5. The van der Waals surface area contributed by atoms with Gasteiger partial charge >= 0.3 is 0 Å². The molecule has 4 rings (SSSR count). The molecule has 2 heterocycles. The first-order valence-corrected chi connectivity index (χ1v) is 9.04. The molecule has 3 aromatic rings. The second-order valence-corrected chi connectivity index (χ2v) is 6.91. The molecule has 1 saturated heterocycles. The van der Waals surface area contributed by atoms with Crippen LogP contribution in [0.5, 0.6) is 0 Å². The minimum absolute atomic E-state index is 0.185. The molecule has 130 valence electrons. The van der Waals surface area contributed by atoms with Gasteiger partial charge in [0.05, 0.1) is 17.3 Å². The van der Waals surface area contributed by atoms with Gasteiger partial charge < -0.3 is 0 Å². The van der Waals surface area contributed by atoms with E-state index in [0.29, 0.717) is 29.7 Å². The summed E-state index contributed by atoms with van der Waals surface area (Å²) in [6.07, 6.45) is 2.20. The largest absolute Gasteiger partial charge is 0.274 e. The van der Waals surface area contributed by atoms with Crippen LogP contribution in [0.25, 0.3) is 10.9 Å². The molecule has 2 aromatic carbocycles. The van der Waals surface area contributed by atoms with Crippen LogP contribution in [0.4, 0.5) is 0 Å². The number of benzene rings is 2. The van der Waals surface area contributed by atoms with Crippen LogP contribution >= 0.6 is 15.9 Å². The second kappa shape index (κ2) is 6.84. The van der Waals surface area contributed by atoms with Crippen LogP contribution < -0.4 is 0 Å². The van der Waals surface area contributed by atoms with Gasteiger partial charge in [-0.3, -0.25) is 9.59 Å². The molecule has 0 N–H and O–H groups in total.